The summed E-state index contributed by atoms with van der Waals surface area (Å²) in [5.41, 5.74) is 18.9. The van der Waals surface area contributed by atoms with Gasteiger partial charge in [0.15, 0.2) is 0 Å². The van der Waals surface area contributed by atoms with Crippen LogP contribution < -0.4 is 26.9 Å². The third-order valence-electron chi connectivity index (χ3n) is 2.15. The van der Waals surface area contributed by atoms with Crippen molar-refractivity contribution in [3.05, 3.63) is 23.8 Å². The van der Waals surface area contributed by atoms with Gasteiger partial charge in [0.1, 0.15) is 18.1 Å². The van der Waals surface area contributed by atoms with Crippen molar-refractivity contribution in [3.8, 4) is 11.5 Å². The van der Waals surface area contributed by atoms with E-state index in [0.717, 1.165) is 0 Å². The first-order valence-electron chi connectivity index (χ1n) is 5.75. The maximum absolute atomic E-state index is 10.7. The van der Waals surface area contributed by atoms with Crippen LogP contribution in [-0.2, 0) is 11.3 Å². The second-order valence-electron chi connectivity index (χ2n) is 3.67. The van der Waals surface area contributed by atoms with Crippen molar-refractivity contribution in [2.45, 2.75) is 6.61 Å². The van der Waals surface area contributed by atoms with Crippen LogP contribution in [0.25, 0.3) is 0 Å². The second kappa shape index (κ2) is 8.50. The van der Waals surface area contributed by atoms with Gasteiger partial charge < -0.3 is 31.6 Å². The standard InChI is InChI=1S/C10H13N9O4/c11-8(20)21-4-5-1-6(22-9(16-12)17-13)3-7(2-5)23-10(18-14)19-15/h1-3,12,14H,4,13,15H2,(H2,11,20). The van der Waals surface area contributed by atoms with Crippen LogP contribution in [0.2, 0.25) is 0 Å². The van der Waals surface area contributed by atoms with Crippen LogP contribution in [0, 0.1) is 11.1 Å². The molecule has 0 spiro atoms. The van der Waals surface area contributed by atoms with Crippen LogP contribution in [0.4, 0.5) is 4.79 Å². The van der Waals surface area contributed by atoms with E-state index in [1.807, 2.05) is 0 Å². The van der Waals surface area contributed by atoms with E-state index in [2.05, 4.69) is 25.2 Å². The summed E-state index contributed by atoms with van der Waals surface area (Å²) in [5, 5.41) is 12.1. The SMILES string of the molecule is N=NC(=NN)Oc1cc(COC(N)=O)cc(OC(N=N)=NN)c1. The molecule has 122 valence electrons. The number of ether oxygens (including phenoxy) is 3. The lowest BCUT2D eigenvalue weighted by Gasteiger charge is -2.10. The third-order valence-corrected chi connectivity index (χ3v) is 2.15. The number of nitrogens with zero attached hydrogens (tertiary/aromatic N) is 4. The van der Waals surface area contributed by atoms with E-state index < -0.39 is 18.1 Å². The number of benzene rings is 1. The molecule has 0 fully saturated rings. The first-order valence-corrected chi connectivity index (χ1v) is 5.75. The van der Waals surface area contributed by atoms with Gasteiger partial charge in [-0.3, -0.25) is 0 Å². The Morgan fingerprint density at radius 3 is 1.83 bits per heavy atom. The van der Waals surface area contributed by atoms with Gasteiger partial charge in [-0.2, -0.15) is 11.1 Å². The Morgan fingerprint density at radius 1 is 1.00 bits per heavy atom. The van der Waals surface area contributed by atoms with Gasteiger partial charge in [0.25, 0.3) is 0 Å². The summed E-state index contributed by atoms with van der Waals surface area (Å²) in [6.07, 6.45) is -0.977. The number of hydrogen-bond donors (Lipinski definition) is 5. The van der Waals surface area contributed by atoms with Crippen LogP contribution in [0.3, 0.4) is 0 Å². The number of carbonyl (C=O) groups is 1. The maximum Gasteiger partial charge on any atom is 0.404 e. The van der Waals surface area contributed by atoms with Crippen LogP contribution in [0.5, 0.6) is 11.5 Å². The fourth-order valence-corrected chi connectivity index (χ4v) is 1.35. The van der Waals surface area contributed by atoms with E-state index in [9.17, 15) is 4.79 Å². The Labute approximate surface area is 129 Å². The van der Waals surface area contributed by atoms with E-state index in [0.29, 0.717) is 5.56 Å². The molecule has 0 aromatic heterocycles. The van der Waals surface area contributed by atoms with Crippen molar-refractivity contribution >= 4 is 18.1 Å². The molecule has 0 saturated heterocycles. The molecule has 0 atom stereocenters. The van der Waals surface area contributed by atoms with Crippen molar-refractivity contribution in [2.75, 3.05) is 0 Å². The number of primary amides is 1. The third kappa shape index (κ3) is 5.62. The number of nitrogens with one attached hydrogen (secondary N) is 2. The van der Waals surface area contributed by atoms with Gasteiger partial charge in [-0.15, -0.1) is 10.2 Å². The van der Waals surface area contributed by atoms with E-state index in [-0.39, 0.29) is 18.1 Å². The number of hydrazone groups is 2. The van der Waals surface area contributed by atoms with Gasteiger partial charge in [0.05, 0.1) is 0 Å². The number of carbonyl (C=O) groups excluding carboxylic acids is 1. The van der Waals surface area contributed by atoms with E-state index in [1.165, 1.54) is 18.2 Å². The minimum atomic E-state index is -0.977. The van der Waals surface area contributed by atoms with Gasteiger partial charge >= 0.3 is 18.1 Å². The Hall–Kier alpha value is -3.77. The summed E-state index contributed by atoms with van der Waals surface area (Å²) in [7, 11) is 0. The van der Waals surface area contributed by atoms with Crippen molar-refractivity contribution < 1.29 is 19.0 Å². The summed E-state index contributed by atoms with van der Waals surface area (Å²) < 4.78 is 14.9. The fraction of sp³-hybridized carbons (Fsp3) is 0.100. The molecular weight excluding hydrogens is 310 g/mol. The first kappa shape index (κ1) is 17.3. The van der Waals surface area contributed by atoms with E-state index in [1.54, 1.807) is 0 Å². The first-order chi connectivity index (χ1) is 11.0. The van der Waals surface area contributed by atoms with Gasteiger partial charge in [-0.05, 0) is 17.7 Å². The average Bonchev–Trinajstić information content (AvgIpc) is 2.55. The predicted molar refractivity (Wildman–Crippen MR) is 75.6 cm³/mol. The van der Waals surface area contributed by atoms with Crippen LogP contribution >= 0.6 is 0 Å². The lowest BCUT2D eigenvalue weighted by atomic mass is 10.2. The molecule has 13 heteroatoms. The number of amidine groups is 2. The summed E-state index contributed by atoms with van der Waals surface area (Å²) in [5.74, 6) is 10.2. The lowest BCUT2D eigenvalue weighted by molar-refractivity contribution is 0.150. The average molecular weight is 323 g/mol. The molecule has 0 bridgehead atoms. The maximum atomic E-state index is 10.7. The molecule has 0 aliphatic rings. The van der Waals surface area contributed by atoms with E-state index in [4.69, 9.17) is 38.0 Å². The van der Waals surface area contributed by atoms with Crippen LogP contribution in [-0.4, -0.2) is 18.1 Å². The molecule has 0 heterocycles. The number of hydrogen-bond acceptors (Lipinski definition) is 10. The van der Waals surface area contributed by atoms with Crippen LogP contribution in [0.15, 0.2) is 38.6 Å². The second-order valence-corrected chi connectivity index (χ2v) is 3.67. The quantitative estimate of drug-likeness (QED) is 0.175. The molecule has 23 heavy (non-hydrogen) atoms. The van der Waals surface area contributed by atoms with Crippen molar-refractivity contribution in [1.82, 2.24) is 0 Å². The largest absolute Gasteiger partial charge is 0.445 e. The lowest BCUT2D eigenvalue weighted by Crippen LogP contribution is -2.13. The summed E-state index contributed by atoms with van der Waals surface area (Å²) in [4.78, 5) is 10.7. The van der Waals surface area contributed by atoms with Gasteiger partial charge in [0, 0.05) is 6.07 Å². The van der Waals surface area contributed by atoms with Gasteiger partial charge in [-0.25, -0.2) is 4.79 Å². The van der Waals surface area contributed by atoms with Crippen LogP contribution in [0.1, 0.15) is 5.56 Å². The Kier molecular flexibility index (Phi) is 6.39. The highest BCUT2D eigenvalue weighted by molar-refractivity contribution is 5.77. The summed E-state index contributed by atoms with van der Waals surface area (Å²) >= 11 is 0. The molecule has 1 rings (SSSR count). The zero-order valence-corrected chi connectivity index (χ0v) is 11.6. The Balaban J connectivity index is 3.12. The van der Waals surface area contributed by atoms with Gasteiger partial charge in [-0.1, -0.05) is 10.2 Å². The molecule has 1 aromatic rings. The minimum absolute atomic E-state index is 0.104. The van der Waals surface area contributed by atoms with Crippen molar-refractivity contribution in [2.24, 2.45) is 37.9 Å². The molecule has 0 aliphatic heterocycles. The van der Waals surface area contributed by atoms with Crippen molar-refractivity contribution in [3.63, 3.8) is 0 Å². The topological polar surface area (TPSA) is 220 Å². The highest BCUT2D eigenvalue weighted by Crippen LogP contribution is 2.24. The zero-order chi connectivity index (χ0) is 17.2. The molecule has 1 aromatic carbocycles. The van der Waals surface area contributed by atoms with E-state index >= 15 is 0 Å². The Morgan fingerprint density at radius 2 is 1.48 bits per heavy atom. The predicted octanol–water partition coefficient (Wildman–Crippen LogP) is 0.561. The summed E-state index contributed by atoms with van der Waals surface area (Å²) in [6.45, 7) is -0.191. The smallest absolute Gasteiger partial charge is 0.404 e. The highest BCUT2D eigenvalue weighted by Gasteiger charge is 2.10. The summed E-state index contributed by atoms with van der Waals surface area (Å²) in [6, 6.07) is 3.34. The molecule has 0 radical (unpaired) electrons. The molecule has 0 aliphatic carbocycles. The van der Waals surface area contributed by atoms with Gasteiger partial charge in [0.2, 0.25) is 0 Å². The normalized spacial score (nSPS) is 11.5. The minimum Gasteiger partial charge on any atom is -0.445 e. The monoisotopic (exact) mass is 323 g/mol. The Bertz CT molecular complexity index is 613. The zero-order valence-electron chi connectivity index (χ0n) is 11.6. The highest BCUT2D eigenvalue weighted by atomic mass is 16.5. The molecule has 0 saturated carbocycles. The molecule has 0 unspecified atom stereocenters. The molecule has 1 amide bonds. The fourth-order valence-electron chi connectivity index (χ4n) is 1.35. The molecule has 13 nitrogen and oxygen atoms in total. The molecular formula is C10H13N9O4. The number of amides is 1. The number of nitrogens with two attached hydrogens (primary N) is 3. The number of rotatable bonds is 4. The van der Waals surface area contributed by atoms with Crippen molar-refractivity contribution in [1.29, 1.82) is 11.1 Å². The molecule has 8 N–H and O–H groups in total.